The maximum Gasteiger partial charge on any atom is 0.123 e. The van der Waals surface area contributed by atoms with Gasteiger partial charge in [0.05, 0.1) is 0 Å². The predicted molar refractivity (Wildman–Crippen MR) is 88.0 cm³/mol. The van der Waals surface area contributed by atoms with Crippen LogP contribution in [0.3, 0.4) is 0 Å². The van der Waals surface area contributed by atoms with Crippen molar-refractivity contribution in [3.05, 3.63) is 68.4 Å². The van der Waals surface area contributed by atoms with Crippen LogP contribution >= 0.6 is 34.8 Å². The summed E-state index contributed by atoms with van der Waals surface area (Å²) in [5.41, 5.74) is 1.53. The molecule has 0 amide bonds. The van der Waals surface area contributed by atoms with E-state index in [1.165, 1.54) is 12.1 Å². The third kappa shape index (κ3) is 4.10. The summed E-state index contributed by atoms with van der Waals surface area (Å²) in [6, 6.07) is 9.60. The number of hydrogen-bond acceptors (Lipinski definition) is 1. The first-order valence-corrected chi connectivity index (χ1v) is 7.77. The number of nitrogens with one attached hydrogen (secondary N) is 1. The van der Waals surface area contributed by atoms with Gasteiger partial charge in [-0.25, -0.2) is 4.39 Å². The lowest BCUT2D eigenvalue weighted by Gasteiger charge is -2.21. The summed E-state index contributed by atoms with van der Waals surface area (Å²) in [6.45, 7) is 2.73. The van der Waals surface area contributed by atoms with Crippen molar-refractivity contribution in [2.75, 3.05) is 6.54 Å². The summed E-state index contributed by atoms with van der Waals surface area (Å²) in [5, 5.41) is 5.02. The topological polar surface area (TPSA) is 12.0 Å². The molecule has 0 saturated carbocycles. The molecule has 0 radical (unpaired) electrons. The number of rotatable bonds is 5. The molecule has 1 N–H and O–H groups in total. The second-order valence-electron chi connectivity index (χ2n) is 4.69. The van der Waals surface area contributed by atoms with Crippen LogP contribution in [0.15, 0.2) is 36.4 Å². The summed E-state index contributed by atoms with van der Waals surface area (Å²) in [5.74, 6) is -0.310. The van der Waals surface area contributed by atoms with Gasteiger partial charge < -0.3 is 5.32 Å². The quantitative estimate of drug-likeness (QED) is 0.734. The smallest absolute Gasteiger partial charge is 0.123 e. The zero-order valence-electron chi connectivity index (χ0n) is 11.5. The van der Waals surface area contributed by atoms with Crippen molar-refractivity contribution in [3.63, 3.8) is 0 Å². The van der Waals surface area contributed by atoms with Crippen LogP contribution in [0.5, 0.6) is 0 Å². The first kappa shape index (κ1) is 16.6. The SMILES string of the molecule is CCNC(Cc1cc(F)ccc1Cl)c1c(Cl)cccc1Cl. The van der Waals surface area contributed by atoms with Crippen LogP contribution < -0.4 is 5.32 Å². The molecule has 0 aliphatic rings. The van der Waals surface area contributed by atoms with Gasteiger partial charge in [0.1, 0.15) is 5.82 Å². The van der Waals surface area contributed by atoms with Crippen molar-refractivity contribution >= 4 is 34.8 Å². The molecule has 21 heavy (non-hydrogen) atoms. The molecule has 1 nitrogen and oxygen atoms in total. The predicted octanol–water partition coefficient (Wildman–Crippen LogP) is 5.68. The van der Waals surface area contributed by atoms with E-state index in [2.05, 4.69) is 5.32 Å². The minimum atomic E-state index is -0.310. The van der Waals surface area contributed by atoms with Crippen LogP contribution in [0, 0.1) is 5.82 Å². The lowest BCUT2D eigenvalue weighted by atomic mass is 9.98. The van der Waals surface area contributed by atoms with Gasteiger partial charge in [-0.1, -0.05) is 47.8 Å². The van der Waals surface area contributed by atoms with Crippen molar-refractivity contribution < 1.29 is 4.39 Å². The fourth-order valence-corrected chi connectivity index (χ4v) is 3.14. The molecular formula is C16H15Cl3FN. The van der Waals surface area contributed by atoms with Crippen LogP contribution in [-0.2, 0) is 6.42 Å². The Morgan fingerprint density at radius 2 is 1.71 bits per heavy atom. The summed E-state index contributed by atoms with van der Waals surface area (Å²) in [7, 11) is 0. The highest BCUT2D eigenvalue weighted by atomic mass is 35.5. The largest absolute Gasteiger partial charge is 0.310 e. The molecule has 0 aliphatic carbocycles. The summed E-state index contributed by atoms with van der Waals surface area (Å²) >= 11 is 18.7. The van der Waals surface area contributed by atoms with E-state index < -0.39 is 0 Å². The summed E-state index contributed by atoms with van der Waals surface area (Å²) < 4.78 is 13.4. The first-order valence-electron chi connectivity index (χ1n) is 6.64. The van der Waals surface area contributed by atoms with Gasteiger partial charge in [0.2, 0.25) is 0 Å². The van der Waals surface area contributed by atoms with E-state index in [9.17, 15) is 4.39 Å². The maximum atomic E-state index is 13.4. The lowest BCUT2D eigenvalue weighted by Crippen LogP contribution is -2.23. The number of benzene rings is 2. The summed E-state index contributed by atoms with van der Waals surface area (Å²) in [4.78, 5) is 0. The molecule has 1 atom stereocenters. The van der Waals surface area contributed by atoms with E-state index in [0.717, 1.165) is 17.7 Å². The molecule has 1 unspecified atom stereocenters. The Morgan fingerprint density at radius 1 is 1.05 bits per heavy atom. The van der Waals surface area contributed by atoms with E-state index in [4.69, 9.17) is 34.8 Å². The Bertz CT molecular complexity index is 611. The third-order valence-electron chi connectivity index (χ3n) is 3.23. The Hall–Kier alpha value is -0.800. The zero-order valence-corrected chi connectivity index (χ0v) is 13.7. The highest BCUT2D eigenvalue weighted by molar-refractivity contribution is 6.36. The molecule has 0 fully saturated rings. The molecule has 0 bridgehead atoms. The number of likely N-dealkylation sites (N-methyl/N-ethyl adjacent to an activating group) is 1. The zero-order chi connectivity index (χ0) is 15.4. The van der Waals surface area contributed by atoms with Crippen molar-refractivity contribution in [2.24, 2.45) is 0 Å². The first-order chi connectivity index (χ1) is 10.0. The van der Waals surface area contributed by atoms with Crippen LogP contribution in [0.4, 0.5) is 4.39 Å². The van der Waals surface area contributed by atoms with E-state index in [1.54, 1.807) is 24.3 Å². The monoisotopic (exact) mass is 345 g/mol. The molecular weight excluding hydrogens is 332 g/mol. The molecule has 0 aromatic heterocycles. The second kappa shape index (κ2) is 7.46. The van der Waals surface area contributed by atoms with E-state index in [1.807, 2.05) is 6.92 Å². The van der Waals surface area contributed by atoms with Crippen molar-refractivity contribution in [1.29, 1.82) is 0 Å². The van der Waals surface area contributed by atoms with Crippen molar-refractivity contribution in [1.82, 2.24) is 5.32 Å². The van der Waals surface area contributed by atoms with Gasteiger partial charge in [-0.2, -0.15) is 0 Å². The fraction of sp³-hybridized carbons (Fsp3) is 0.250. The second-order valence-corrected chi connectivity index (χ2v) is 5.91. The van der Waals surface area contributed by atoms with Crippen LogP contribution in [0.1, 0.15) is 24.1 Å². The summed E-state index contributed by atoms with van der Waals surface area (Å²) in [6.07, 6.45) is 0.508. The average Bonchev–Trinajstić information content (AvgIpc) is 2.43. The molecule has 0 aliphatic heterocycles. The van der Waals surface area contributed by atoms with Gasteiger partial charge in [0, 0.05) is 26.7 Å². The minimum Gasteiger partial charge on any atom is -0.310 e. The number of halogens is 4. The molecule has 0 saturated heterocycles. The van der Waals surface area contributed by atoms with Gasteiger partial charge in [0.25, 0.3) is 0 Å². The highest BCUT2D eigenvalue weighted by Crippen LogP contribution is 2.33. The maximum absolute atomic E-state index is 13.4. The van der Waals surface area contributed by atoms with Gasteiger partial charge >= 0.3 is 0 Å². The Balaban J connectivity index is 2.38. The molecule has 2 rings (SSSR count). The minimum absolute atomic E-state index is 0.129. The molecule has 2 aromatic carbocycles. The lowest BCUT2D eigenvalue weighted by molar-refractivity contribution is 0.547. The normalized spacial score (nSPS) is 12.4. The van der Waals surface area contributed by atoms with Crippen molar-refractivity contribution in [3.8, 4) is 0 Å². The molecule has 2 aromatic rings. The van der Waals surface area contributed by atoms with E-state index >= 15 is 0 Å². The van der Waals surface area contributed by atoms with Crippen LogP contribution in [0.2, 0.25) is 15.1 Å². The van der Waals surface area contributed by atoms with Gasteiger partial charge in [-0.3, -0.25) is 0 Å². The molecule has 112 valence electrons. The Labute approximate surface area is 139 Å². The average molecular weight is 347 g/mol. The molecule has 0 heterocycles. The van der Waals surface area contributed by atoms with Gasteiger partial charge in [0.15, 0.2) is 0 Å². The number of hydrogen-bond donors (Lipinski definition) is 1. The highest BCUT2D eigenvalue weighted by Gasteiger charge is 2.19. The fourth-order valence-electron chi connectivity index (χ4n) is 2.29. The van der Waals surface area contributed by atoms with E-state index in [-0.39, 0.29) is 11.9 Å². The van der Waals surface area contributed by atoms with Crippen LogP contribution in [0.25, 0.3) is 0 Å². The van der Waals surface area contributed by atoms with Gasteiger partial charge in [-0.05, 0) is 48.9 Å². The van der Waals surface area contributed by atoms with Crippen LogP contribution in [-0.4, -0.2) is 6.54 Å². The Morgan fingerprint density at radius 3 is 2.33 bits per heavy atom. The Kier molecular flexibility index (Phi) is 5.88. The standard InChI is InChI=1S/C16H15Cl3FN/c1-2-21-15(16-13(18)4-3-5-14(16)19)9-10-8-11(20)6-7-12(10)17/h3-8,15,21H,2,9H2,1H3. The third-order valence-corrected chi connectivity index (χ3v) is 4.26. The van der Waals surface area contributed by atoms with Gasteiger partial charge in [-0.15, -0.1) is 0 Å². The van der Waals surface area contributed by atoms with Crippen molar-refractivity contribution in [2.45, 2.75) is 19.4 Å². The molecule has 5 heteroatoms. The van der Waals surface area contributed by atoms with E-state index in [0.29, 0.717) is 21.5 Å². The molecule has 0 spiro atoms.